The van der Waals surface area contributed by atoms with Crippen LogP contribution >= 0.6 is 0 Å². The molecule has 2 heterocycles. The predicted molar refractivity (Wildman–Crippen MR) is 99.6 cm³/mol. The molecule has 1 aliphatic heterocycles. The molecule has 1 saturated heterocycles. The second-order valence-electron chi connectivity index (χ2n) is 6.75. The molecule has 0 aliphatic carbocycles. The molecular weight excluding hydrogens is 310 g/mol. The van der Waals surface area contributed by atoms with Gasteiger partial charge in [0.15, 0.2) is 0 Å². The molecule has 4 heteroatoms. The van der Waals surface area contributed by atoms with Crippen molar-refractivity contribution in [2.75, 3.05) is 13.1 Å². The monoisotopic (exact) mass is 333 g/mol. The maximum atomic E-state index is 12.2. The van der Waals surface area contributed by atoms with Crippen LogP contribution in [0.1, 0.15) is 43.6 Å². The third kappa shape index (κ3) is 2.72. The summed E-state index contributed by atoms with van der Waals surface area (Å²) in [4.78, 5) is 19.1. The SMILES string of the molecule is CCN1CC(c2nc3ccccc3n2C(C)c2ccccc2)CC1=O. The van der Waals surface area contributed by atoms with Gasteiger partial charge in [0, 0.05) is 25.4 Å². The number of para-hydroxylation sites is 2. The molecule has 4 nitrogen and oxygen atoms in total. The van der Waals surface area contributed by atoms with E-state index in [0.717, 1.165) is 29.9 Å². The average molecular weight is 333 g/mol. The standard InChI is InChI=1S/C21H23N3O/c1-3-23-14-17(13-20(23)25)21-22-18-11-7-8-12-19(18)24(21)15(2)16-9-5-4-6-10-16/h4-12,15,17H,3,13-14H2,1-2H3. The maximum Gasteiger partial charge on any atom is 0.223 e. The van der Waals surface area contributed by atoms with Gasteiger partial charge in [-0.3, -0.25) is 4.79 Å². The quantitative estimate of drug-likeness (QED) is 0.724. The molecule has 4 rings (SSSR count). The van der Waals surface area contributed by atoms with E-state index in [4.69, 9.17) is 4.98 Å². The van der Waals surface area contributed by atoms with Gasteiger partial charge in [-0.1, -0.05) is 42.5 Å². The van der Waals surface area contributed by atoms with Crippen molar-refractivity contribution in [3.8, 4) is 0 Å². The first-order valence-electron chi connectivity index (χ1n) is 8.98. The summed E-state index contributed by atoms with van der Waals surface area (Å²) in [6.07, 6.45) is 0.554. The minimum absolute atomic E-state index is 0.158. The fourth-order valence-corrected chi connectivity index (χ4v) is 3.89. The van der Waals surface area contributed by atoms with Crippen molar-refractivity contribution in [3.63, 3.8) is 0 Å². The highest BCUT2D eigenvalue weighted by molar-refractivity contribution is 5.81. The second-order valence-corrected chi connectivity index (χ2v) is 6.75. The van der Waals surface area contributed by atoms with Crippen LogP contribution < -0.4 is 0 Å². The van der Waals surface area contributed by atoms with Crippen molar-refractivity contribution in [2.45, 2.75) is 32.2 Å². The number of benzene rings is 2. The van der Waals surface area contributed by atoms with Gasteiger partial charge < -0.3 is 9.47 Å². The van der Waals surface area contributed by atoms with Crippen molar-refractivity contribution in [1.29, 1.82) is 0 Å². The number of amides is 1. The van der Waals surface area contributed by atoms with E-state index in [1.807, 2.05) is 24.0 Å². The number of carbonyl (C=O) groups is 1. The Bertz CT molecular complexity index is 900. The molecule has 1 amide bonds. The van der Waals surface area contributed by atoms with Crippen LogP contribution in [0.25, 0.3) is 11.0 Å². The minimum atomic E-state index is 0.158. The van der Waals surface area contributed by atoms with E-state index in [9.17, 15) is 4.79 Å². The molecule has 0 spiro atoms. The molecule has 25 heavy (non-hydrogen) atoms. The van der Waals surface area contributed by atoms with Crippen molar-refractivity contribution < 1.29 is 4.79 Å². The van der Waals surface area contributed by atoms with Gasteiger partial charge in [0.1, 0.15) is 5.82 Å². The number of carbonyl (C=O) groups excluding carboxylic acids is 1. The topological polar surface area (TPSA) is 38.1 Å². The number of fused-ring (bicyclic) bond motifs is 1. The van der Waals surface area contributed by atoms with Gasteiger partial charge in [0.25, 0.3) is 0 Å². The van der Waals surface area contributed by atoms with Crippen molar-refractivity contribution in [2.24, 2.45) is 0 Å². The van der Waals surface area contributed by atoms with E-state index >= 15 is 0 Å². The molecule has 0 N–H and O–H groups in total. The normalized spacial score (nSPS) is 18.9. The summed E-state index contributed by atoms with van der Waals surface area (Å²) in [6, 6.07) is 18.9. The highest BCUT2D eigenvalue weighted by Gasteiger charge is 2.34. The van der Waals surface area contributed by atoms with Crippen LogP contribution in [-0.4, -0.2) is 33.4 Å². The maximum absolute atomic E-state index is 12.2. The first-order valence-corrected chi connectivity index (χ1v) is 8.98. The number of likely N-dealkylation sites (tertiary alicyclic amines) is 1. The number of likely N-dealkylation sites (N-methyl/N-ethyl adjacent to an activating group) is 1. The van der Waals surface area contributed by atoms with Crippen LogP contribution in [0.2, 0.25) is 0 Å². The zero-order chi connectivity index (χ0) is 17.4. The van der Waals surface area contributed by atoms with Gasteiger partial charge in [-0.15, -0.1) is 0 Å². The van der Waals surface area contributed by atoms with Crippen LogP contribution in [0.3, 0.4) is 0 Å². The molecule has 128 valence electrons. The third-order valence-corrected chi connectivity index (χ3v) is 5.25. The van der Waals surface area contributed by atoms with Gasteiger partial charge in [0.2, 0.25) is 5.91 Å². The smallest absolute Gasteiger partial charge is 0.223 e. The zero-order valence-corrected chi connectivity index (χ0v) is 14.7. The molecule has 1 aromatic heterocycles. The fourth-order valence-electron chi connectivity index (χ4n) is 3.89. The van der Waals surface area contributed by atoms with Crippen LogP contribution in [0.4, 0.5) is 0 Å². The Kier molecular flexibility index (Phi) is 4.04. The molecule has 0 saturated carbocycles. The van der Waals surface area contributed by atoms with Crippen LogP contribution in [-0.2, 0) is 4.79 Å². The van der Waals surface area contributed by atoms with E-state index in [1.54, 1.807) is 0 Å². The van der Waals surface area contributed by atoms with Gasteiger partial charge >= 0.3 is 0 Å². The average Bonchev–Trinajstić information content (AvgIpc) is 3.22. The molecule has 0 bridgehead atoms. The molecule has 2 aromatic carbocycles. The summed E-state index contributed by atoms with van der Waals surface area (Å²) in [6.45, 7) is 5.78. The molecule has 0 radical (unpaired) electrons. The van der Waals surface area contributed by atoms with E-state index in [0.29, 0.717) is 6.42 Å². The molecule has 1 fully saturated rings. The predicted octanol–water partition coefficient (Wildman–Crippen LogP) is 3.98. The number of rotatable bonds is 4. The largest absolute Gasteiger partial charge is 0.342 e. The van der Waals surface area contributed by atoms with Gasteiger partial charge in [-0.05, 0) is 31.5 Å². The first-order chi connectivity index (χ1) is 12.2. The van der Waals surface area contributed by atoms with Crippen LogP contribution in [0, 0.1) is 0 Å². The Morgan fingerprint density at radius 1 is 1.12 bits per heavy atom. The highest BCUT2D eigenvalue weighted by atomic mass is 16.2. The summed E-state index contributed by atoms with van der Waals surface area (Å²) in [7, 11) is 0. The molecule has 2 atom stereocenters. The van der Waals surface area contributed by atoms with Gasteiger partial charge in [-0.2, -0.15) is 0 Å². The number of nitrogens with zero attached hydrogens (tertiary/aromatic N) is 3. The fraction of sp³-hybridized carbons (Fsp3) is 0.333. The first kappa shape index (κ1) is 15.9. The molecule has 1 aliphatic rings. The Balaban J connectivity index is 1.83. The number of hydrogen-bond donors (Lipinski definition) is 0. The van der Waals surface area contributed by atoms with Crippen molar-refractivity contribution in [1.82, 2.24) is 14.5 Å². The second kappa shape index (κ2) is 6.36. The van der Waals surface area contributed by atoms with Crippen LogP contribution in [0.15, 0.2) is 54.6 Å². The lowest BCUT2D eigenvalue weighted by molar-refractivity contribution is -0.127. The molecule has 2 unspecified atom stereocenters. The van der Waals surface area contributed by atoms with E-state index in [-0.39, 0.29) is 17.9 Å². The Morgan fingerprint density at radius 3 is 2.56 bits per heavy atom. The molecule has 3 aromatic rings. The van der Waals surface area contributed by atoms with Crippen molar-refractivity contribution in [3.05, 3.63) is 66.0 Å². The zero-order valence-electron chi connectivity index (χ0n) is 14.7. The van der Waals surface area contributed by atoms with Gasteiger partial charge in [0.05, 0.1) is 17.1 Å². The summed E-state index contributed by atoms with van der Waals surface area (Å²) < 4.78 is 2.32. The van der Waals surface area contributed by atoms with Crippen molar-refractivity contribution >= 4 is 16.9 Å². The van der Waals surface area contributed by atoms with Gasteiger partial charge in [-0.25, -0.2) is 4.98 Å². The Morgan fingerprint density at radius 2 is 1.84 bits per heavy atom. The van der Waals surface area contributed by atoms with E-state index in [2.05, 4.69) is 54.0 Å². The third-order valence-electron chi connectivity index (χ3n) is 5.25. The lowest BCUT2D eigenvalue weighted by Gasteiger charge is -2.21. The summed E-state index contributed by atoms with van der Waals surface area (Å²) in [5.41, 5.74) is 3.39. The highest BCUT2D eigenvalue weighted by Crippen LogP contribution is 2.34. The number of imidazole rings is 1. The van der Waals surface area contributed by atoms with E-state index in [1.165, 1.54) is 5.56 Å². The Labute approximate surface area is 148 Å². The molecular formula is C21H23N3O. The van der Waals surface area contributed by atoms with E-state index < -0.39 is 0 Å². The summed E-state index contributed by atoms with van der Waals surface area (Å²) in [5, 5.41) is 0. The summed E-state index contributed by atoms with van der Waals surface area (Å²) in [5.74, 6) is 1.42. The summed E-state index contributed by atoms with van der Waals surface area (Å²) >= 11 is 0. The number of hydrogen-bond acceptors (Lipinski definition) is 2. The Hall–Kier alpha value is -2.62. The number of aromatic nitrogens is 2. The van der Waals surface area contributed by atoms with Crippen LogP contribution in [0.5, 0.6) is 0 Å². The lowest BCUT2D eigenvalue weighted by Crippen LogP contribution is -2.24. The minimum Gasteiger partial charge on any atom is -0.342 e. The lowest BCUT2D eigenvalue weighted by atomic mass is 10.0.